The second-order valence-electron chi connectivity index (χ2n) is 8.46. The molecular weight excluding hydrogens is 375 g/mol. The third-order valence-electron chi connectivity index (χ3n) is 5.55. The zero-order chi connectivity index (χ0) is 15.3. The quantitative estimate of drug-likeness (QED) is 0.527. The van der Waals surface area contributed by atoms with Crippen molar-refractivity contribution >= 4 is 18.4 Å². The van der Waals surface area contributed by atoms with E-state index in [0.717, 1.165) is 12.8 Å². The van der Waals surface area contributed by atoms with Crippen LogP contribution < -0.4 is 0 Å². The minimum atomic E-state index is -1.94. The number of fused-ring (bicyclic) bond motifs is 3. The van der Waals surface area contributed by atoms with Crippen LogP contribution in [0, 0.1) is 11.8 Å². The van der Waals surface area contributed by atoms with E-state index in [1.54, 1.807) is 7.11 Å². The molecule has 122 valence electrons. The summed E-state index contributed by atoms with van der Waals surface area (Å²) < 4.78 is 13.3. The second kappa shape index (κ2) is 5.62. The van der Waals surface area contributed by atoms with E-state index in [-0.39, 0.29) is 11.9 Å². The zero-order valence-corrected chi connectivity index (χ0v) is 17.0. The molecule has 1 spiro atoms. The van der Waals surface area contributed by atoms with Gasteiger partial charge in [-0.15, -0.1) is 0 Å². The third kappa shape index (κ3) is 2.91. The maximum absolute atomic E-state index is 6.33. The summed E-state index contributed by atoms with van der Waals surface area (Å²) in [5.74, 6) is 0.283. The normalized spacial score (nSPS) is 47.0. The van der Waals surface area contributed by atoms with Crippen LogP contribution in [-0.4, -0.2) is 43.2 Å². The molecule has 5 heteroatoms. The fourth-order valence-corrected chi connectivity index (χ4v) is 10.2. The summed E-state index contributed by atoms with van der Waals surface area (Å²) in [7, 11) is 1.73. The van der Waals surface area contributed by atoms with E-state index in [0.29, 0.717) is 11.8 Å². The molecule has 0 N–H and O–H groups in total. The summed E-state index contributed by atoms with van der Waals surface area (Å²) in [4.78, 5) is 19.3. The molecule has 0 aromatic heterocycles. The molecule has 0 amide bonds. The van der Waals surface area contributed by atoms with Crippen LogP contribution >= 0.6 is 0 Å². The molecule has 2 bridgehead atoms. The second-order valence-corrected chi connectivity index (χ2v) is 24.2. The van der Waals surface area contributed by atoms with E-state index < -0.39 is 24.2 Å². The van der Waals surface area contributed by atoms with Crippen molar-refractivity contribution in [3.63, 3.8) is 0 Å². The van der Waals surface area contributed by atoms with Crippen molar-refractivity contribution in [1.82, 2.24) is 0 Å². The van der Waals surface area contributed by atoms with E-state index in [9.17, 15) is 0 Å². The molecule has 4 nitrogen and oxygen atoms in total. The number of methoxy groups -OCH3 is 1. The Morgan fingerprint density at radius 3 is 2.62 bits per heavy atom. The first-order valence-corrected chi connectivity index (χ1v) is 18.9. The van der Waals surface area contributed by atoms with Crippen molar-refractivity contribution in [3.8, 4) is 0 Å². The van der Waals surface area contributed by atoms with Crippen LogP contribution in [-0.2, 0) is 19.2 Å². The van der Waals surface area contributed by atoms with Gasteiger partial charge in [-0.3, -0.25) is 0 Å². The first-order valence-electron chi connectivity index (χ1n) is 8.36. The molecule has 3 heterocycles. The van der Waals surface area contributed by atoms with Gasteiger partial charge in [0.1, 0.15) is 0 Å². The van der Waals surface area contributed by atoms with Gasteiger partial charge in [0, 0.05) is 0 Å². The standard InChI is InChI=1S/C13H21O4.3CH3.Sn/c1-9-8-10-6-4-5-7-13(10)11(14-3)15-12(9,2)16-17-13;;;;/h9-11H,1,4-8H2,2-3H3;3*1H3;/t9-,10-,11+,12-,13+;;;;/m1..../s1. The van der Waals surface area contributed by atoms with Gasteiger partial charge in [-0.2, -0.15) is 0 Å². The van der Waals surface area contributed by atoms with Gasteiger partial charge in [-0.1, -0.05) is 0 Å². The molecule has 0 aromatic carbocycles. The molecule has 4 fully saturated rings. The van der Waals surface area contributed by atoms with Gasteiger partial charge < -0.3 is 0 Å². The van der Waals surface area contributed by atoms with Crippen molar-refractivity contribution in [2.24, 2.45) is 11.8 Å². The molecule has 1 saturated carbocycles. The molecule has 3 aliphatic heterocycles. The Morgan fingerprint density at radius 1 is 1.19 bits per heavy atom. The molecule has 4 aliphatic rings. The Balaban J connectivity index is 1.94. The average Bonchev–Trinajstić information content (AvgIpc) is 2.58. The Morgan fingerprint density at radius 2 is 1.95 bits per heavy atom. The number of hydrogen-bond acceptors (Lipinski definition) is 4. The predicted molar refractivity (Wildman–Crippen MR) is 83.4 cm³/mol. The summed E-state index contributed by atoms with van der Waals surface area (Å²) >= 11 is -1.94. The molecular formula is C16H30O4Sn. The summed E-state index contributed by atoms with van der Waals surface area (Å²) in [6.45, 7) is 2.05. The van der Waals surface area contributed by atoms with Crippen molar-refractivity contribution in [2.45, 2.75) is 76.0 Å². The first-order chi connectivity index (χ1) is 9.79. The number of hydrogen-bond donors (Lipinski definition) is 0. The molecule has 21 heavy (non-hydrogen) atoms. The maximum atomic E-state index is 6.33. The van der Waals surface area contributed by atoms with E-state index in [1.807, 2.05) is 6.92 Å². The van der Waals surface area contributed by atoms with Gasteiger partial charge >= 0.3 is 133 Å². The van der Waals surface area contributed by atoms with E-state index >= 15 is 0 Å². The van der Waals surface area contributed by atoms with Crippen LogP contribution in [0.2, 0.25) is 19.3 Å². The topological polar surface area (TPSA) is 36.9 Å². The molecule has 5 atom stereocenters. The van der Waals surface area contributed by atoms with Gasteiger partial charge in [0.2, 0.25) is 0 Å². The Bertz CT molecular complexity index is 396. The van der Waals surface area contributed by atoms with Crippen LogP contribution in [0.25, 0.3) is 0 Å². The van der Waals surface area contributed by atoms with Crippen molar-refractivity contribution in [3.05, 3.63) is 0 Å². The Hall–Kier alpha value is 0.639. The summed E-state index contributed by atoms with van der Waals surface area (Å²) in [5, 5.41) is 0. The number of rotatable bonds is 3. The van der Waals surface area contributed by atoms with E-state index in [2.05, 4.69) is 14.8 Å². The molecule has 0 aromatic rings. The molecule has 1 aliphatic carbocycles. The third-order valence-corrected chi connectivity index (χ3v) is 10.4. The van der Waals surface area contributed by atoms with Crippen LogP contribution in [0.4, 0.5) is 0 Å². The number of ether oxygens (including phenoxy) is 2. The summed E-state index contributed by atoms with van der Waals surface area (Å²) in [6, 6.07) is 0. The van der Waals surface area contributed by atoms with Gasteiger partial charge in [0.25, 0.3) is 0 Å². The molecule has 4 rings (SSSR count). The Labute approximate surface area is 132 Å². The summed E-state index contributed by atoms with van der Waals surface area (Å²) in [5.41, 5.74) is -0.380. The van der Waals surface area contributed by atoms with Crippen LogP contribution in [0.15, 0.2) is 0 Å². The van der Waals surface area contributed by atoms with E-state index in [4.69, 9.17) is 19.2 Å². The van der Waals surface area contributed by atoms with Crippen molar-refractivity contribution in [2.75, 3.05) is 7.11 Å². The van der Waals surface area contributed by atoms with E-state index in [1.165, 1.54) is 23.7 Å². The van der Waals surface area contributed by atoms with Crippen molar-refractivity contribution < 1.29 is 19.2 Å². The van der Waals surface area contributed by atoms with Gasteiger partial charge in [-0.25, -0.2) is 0 Å². The Kier molecular flexibility index (Phi) is 4.41. The SMILES string of the molecule is CO[C@H]1O[C@]2(C)OO[C@]13CCCC[C@@H]3C[C@H]2[CH2][Sn]([CH3])([CH3])[CH3]. The molecule has 0 unspecified atom stereocenters. The van der Waals surface area contributed by atoms with Gasteiger partial charge in [-0.05, 0) is 0 Å². The molecule has 3 saturated heterocycles. The predicted octanol–water partition coefficient (Wildman–Crippen LogP) is 3.94. The summed E-state index contributed by atoms with van der Waals surface area (Å²) in [6.07, 6.45) is 5.51. The van der Waals surface area contributed by atoms with Crippen LogP contribution in [0.5, 0.6) is 0 Å². The van der Waals surface area contributed by atoms with Gasteiger partial charge in [0.05, 0.1) is 0 Å². The van der Waals surface area contributed by atoms with Crippen LogP contribution in [0.1, 0.15) is 39.0 Å². The minimum absolute atomic E-state index is 0.290. The molecule has 0 radical (unpaired) electrons. The van der Waals surface area contributed by atoms with Gasteiger partial charge in [0.15, 0.2) is 0 Å². The average molecular weight is 405 g/mol. The first kappa shape index (κ1) is 16.5. The zero-order valence-electron chi connectivity index (χ0n) is 14.1. The van der Waals surface area contributed by atoms with Crippen LogP contribution in [0.3, 0.4) is 0 Å². The van der Waals surface area contributed by atoms with Crippen molar-refractivity contribution in [1.29, 1.82) is 0 Å². The fraction of sp³-hybridized carbons (Fsp3) is 1.00. The monoisotopic (exact) mass is 406 g/mol. The fourth-order valence-electron chi connectivity index (χ4n) is 4.49.